The third-order valence-electron chi connectivity index (χ3n) is 2.60. The van der Waals surface area contributed by atoms with Gasteiger partial charge in [0.05, 0.1) is 16.8 Å². The van der Waals surface area contributed by atoms with E-state index in [2.05, 4.69) is 23.7 Å². The van der Waals surface area contributed by atoms with Crippen LogP contribution in [0.1, 0.15) is 23.4 Å². The molecule has 0 aliphatic heterocycles. The zero-order chi connectivity index (χ0) is 12.4. The Hall–Kier alpha value is -1.06. The van der Waals surface area contributed by atoms with Gasteiger partial charge in [0.25, 0.3) is 0 Å². The standard InChI is InChI=1S/C13H13ClFNS/c1-8-5-6-17-13(8)9(2)16-12-7-10(15)3-4-11(12)14/h3-7,9,16H,1-2H3. The molecule has 0 saturated carbocycles. The van der Waals surface area contributed by atoms with Crippen molar-refractivity contribution in [1.29, 1.82) is 0 Å². The summed E-state index contributed by atoms with van der Waals surface area (Å²) < 4.78 is 13.1. The largest absolute Gasteiger partial charge is 0.376 e. The van der Waals surface area contributed by atoms with Crippen LogP contribution in [-0.2, 0) is 0 Å². The fraction of sp³-hybridized carbons (Fsp3) is 0.231. The van der Waals surface area contributed by atoms with Crippen molar-refractivity contribution in [3.63, 3.8) is 0 Å². The Bertz CT molecular complexity index is 524. The Morgan fingerprint density at radius 2 is 2.12 bits per heavy atom. The summed E-state index contributed by atoms with van der Waals surface area (Å²) in [6.07, 6.45) is 0. The van der Waals surface area contributed by atoms with E-state index >= 15 is 0 Å². The highest BCUT2D eigenvalue weighted by Crippen LogP contribution is 2.30. The summed E-state index contributed by atoms with van der Waals surface area (Å²) in [6.45, 7) is 4.11. The molecule has 1 N–H and O–H groups in total. The molecule has 2 rings (SSSR count). The maximum atomic E-state index is 13.1. The minimum absolute atomic E-state index is 0.120. The van der Waals surface area contributed by atoms with E-state index in [1.807, 2.05) is 6.92 Å². The fourth-order valence-electron chi connectivity index (χ4n) is 1.73. The summed E-state index contributed by atoms with van der Waals surface area (Å²) >= 11 is 7.70. The van der Waals surface area contributed by atoms with E-state index in [9.17, 15) is 4.39 Å². The highest BCUT2D eigenvalue weighted by atomic mass is 35.5. The van der Waals surface area contributed by atoms with Gasteiger partial charge in [0.15, 0.2) is 0 Å². The van der Waals surface area contributed by atoms with Crippen LogP contribution in [0.3, 0.4) is 0 Å². The molecule has 90 valence electrons. The van der Waals surface area contributed by atoms with Crippen molar-refractivity contribution in [1.82, 2.24) is 0 Å². The van der Waals surface area contributed by atoms with E-state index in [-0.39, 0.29) is 11.9 Å². The lowest BCUT2D eigenvalue weighted by atomic mass is 10.2. The Labute approximate surface area is 109 Å². The topological polar surface area (TPSA) is 12.0 Å². The van der Waals surface area contributed by atoms with Crippen LogP contribution in [0.25, 0.3) is 0 Å². The molecule has 1 heterocycles. The maximum absolute atomic E-state index is 13.1. The summed E-state index contributed by atoms with van der Waals surface area (Å²) in [4.78, 5) is 1.24. The van der Waals surface area contributed by atoms with Crippen LogP contribution in [0.15, 0.2) is 29.6 Å². The third-order valence-corrected chi connectivity index (χ3v) is 4.13. The zero-order valence-electron chi connectivity index (χ0n) is 9.63. The van der Waals surface area contributed by atoms with Crippen molar-refractivity contribution in [2.75, 3.05) is 5.32 Å². The van der Waals surface area contributed by atoms with Gasteiger partial charge in [0.2, 0.25) is 0 Å². The molecule has 17 heavy (non-hydrogen) atoms. The summed E-state index contributed by atoms with van der Waals surface area (Å²) in [5.74, 6) is -0.285. The van der Waals surface area contributed by atoms with Crippen molar-refractivity contribution < 1.29 is 4.39 Å². The second kappa shape index (κ2) is 5.07. The minimum Gasteiger partial charge on any atom is -0.376 e. The van der Waals surface area contributed by atoms with Gasteiger partial charge in [0, 0.05) is 4.88 Å². The van der Waals surface area contributed by atoms with Gasteiger partial charge in [0.1, 0.15) is 5.82 Å². The van der Waals surface area contributed by atoms with Crippen molar-refractivity contribution in [3.8, 4) is 0 Å². The molecule has 1 unspecified atom stereocenters. The molecule has 0 saturated heterocycles. The number of nitrogens with one attached hydrogen (secondary N) is 1. The molecular formula is C13H13ClFNS. The van der Waals surface area contributed by atoms with E-state index in [0.29, 0.717) is 10.7 Å². The number of aryl methyl sites for hydroxylation is 1. The van der Waals surface area contributed by atoms with Crippen LogP contribution < -0.4 is 5.32 Å². The predicted molar refractivity (Wildman–Crippen MR) is 72.5 cm³/mol. The molecule has 0 spiro atoms. The fourth-order valence-corrected chi connectivity index (χ4v) is 2.84. The van der Waals surface area contributed by atoms with Crippen LogP contribution >= 0.6 is 22.9 Å². The van der Waals surface area contributed by atoms with E-state index < -0.39 is 0 Å². The van der Waals surface area contributed by atoms with Gasteiger partial charge in [-0.3, -0.25) is 0 Å². The first-order valence-corrected chi connectivity index (χ1v) is 6.59. The van der Waals surface area contributed by atoms with Crippen molar-refractivity contribution in [3.05, 3.63) is 50.9 Å². The Balaban J connectivity index is 2.21. The molecule has 4 heteroatoms. The number of halogens is 2. The summed E-state index contributed by atoms with van der Waals surface area (Å²) in [5.41, 5.74) is 1.87. The van der Waals surface area contributed by atoms with Gasteiger partial charge in [-0.2, -0.15) is 0 Å². The number of hydrogen-bond donors (Lipinski definition) is 1. The number of thiophene rings is 1. The number of anilines is 1. The van der Waals surface area contributed by atoms with E-state index in [4.69, 9.17) is 11.6 Å². The first kappa shape index (κ1) is 12.4. The lowest BCUT2D eigenvalue weighted by molar-refractivity contribution is 0.628. The predicted octanol–water partition coefficient (Wildman–Crippen LogP) is 5.02. The van der Waals surface area contributed by atoms with Crippen LogP contribution in [0.2, 0.25) is 5.02 Å². The summed E-state index contributed by atoms with van der Waals surface area (Å²) in [6, 6.07) is 6.53. The van der Waals surface area contributed by atoms with Gasteiger partial charge >= 0.3 is 0 Å². The zero-order valence-corrected chi connectivity index (χ0v) is 11.2. The molecular weight excluding hydrogens is 257 g/mol. The first-order chi connectivity index (χ1) is 8.08. The van der Waals surface area contributed by atoms with Crippen LogP contribution in [-0.4, -0.2) is 0 Å². The van der Waals surface area contributed by atoms with Gasteiger partial charge in [-0.1, -0.05) is 11.6 Å². The monoisotopic (exact) mass is 269 g/mol. The average molecular weight is 270 g/mol. The summed E-state index contributed by atoms with van der Waals surface area (Å²) in [5, 5.41) is 5.82. The maximum Gasteiger partial charge on any atom is 0.125 e. The Morgan fingerprint density at radius 3 is 2.76 bits per heavy atom. The SMILES string of the molecule is Cc1ccsc1C(C)Nc1cc(F)ccc1Cl. The molecule has 0 fully saturated rings. The highest BCUT2D eigenvalue weighted by molar-refractivity contribution is 7.10. The number of benzene rings is 1. The van der Waals surface area contributed by atoms with Crippen LogP contribution in [0, 0.1) is 12.7 Å². The van der Waals surface area contributed by atoms with Crippen molar-refractivity contribution >= 4 is 28.6 Å². The van der Waals surface area contributed by atoms with Crippen molar-refractivity contribution in [2.45, 2.75) is 19.9 Å². The van der Waals surface area contributed by atoms with Crippen LogP contribution in [0.4, 0.5) is 10.1 Å². The molecule has 1 atom stereocenters. The molecule has 0 aliphatic carbocycles. The Kier molecular flexibility index (Phi) is 3.69. The van der Waals surface area contributed by atoms with E-state index in [1.165, 1.54) is 22.6 Å². The lowest BCUT2D eigenvalue weighted by Gasteiger charge is -2.16. The molecule has 0 radical (unpaired) electrons. The van der Waals surface area contributed by atoms with E-state index in [1.54, 1.807) is 17.4 Å². The van der Waals surface area contributed by atoms with Crippen LogP contribution in [0.5, 0.6) is 0 Å². The summed E-state index contributed by atoms with van der Waals surface area (Å²) in [7, 11) is 0. The minimum atomic E-state index is -0.285. The normalized spacial score (nSPS) is 12.5. The van der Waals surface area contributed by atoms with Gasteiger partial charge < -0.3 is 5.32 Å². The second-order valence-corrected chi connectivity index (χ2v) is 5.31. The van der Waals surface area contributed by atoms with Gasteiger partial charge in [-0.25, -0.2) is 4.39 Å². The molecule has 1 nitrogen and oxygen atoms in total. The Morgan fingerprint density at radius 1 is 1.35 bits per heavy atom. The van der Waals surface area contributed by atoms with E-state index in [0.717, 1.165) is 0 Å². The molecule has 0 aliphatic rings. The van der Waals surface area contributed by atoms with Crippen molar-refractivity contribution in [2.24, 2.45) is 0 Å². The third kappa shape index (κ3) is 2.79. The lowest BCUT2D eigenvalue weighted by Crippen LogP contribution is -2.06. The molecule has 2 aromatic rings. The van der Waals surface area contributed by atoms with Gasteiger partial charge in [-0.05, 0) is 49.1 Å². The number of rotatable bonds is 3. The quantitative estimate of drug-likeness (QED) is 0.825. The molecule has 0 bridgehead atoms. The smallest absolute Gasteiger partial charge is 0.125 e. The second-order valence-electron chi connectivity index (χ2n) is 3.96. The molecule has 0 amide bonds. The average Bonchev–Trinajstić information content (AvgIpc) is 2.70. The highest BCUT2D eigenvalue weighted by Gasteiger charge is 2.11. The number of hydrogen-bond acceptors (Lipinski definition) is 2. The molecule has 1 aromatic heterocycles. The first-order valence-electron chi connectivity index (χ1n) is 5.33. The molecule has 1 aromatic carbocycles. The van der Waals surface area contributed by atoms with Gasteiger partial charge in [-0.15, -0.1) is 11.3 Å².